The molecular formula is C11H9ClN2S. The molecule has 0 bridgehead atoms. The lowest BCUT2D eigenvalue weighted by Crippen LogP contribution is -1.85. The fourth-order valence-electron chi connectivity index (χ4n) is 1.19. The van der Waals surface area contributed by atoms with Gasteiger partial charge in [0.05, 0.1) is 16.9 Å². The van der Waals surface area contributed by atoms with Crippen LogP contribution in [-0.2, 0) is 0 Å². The summed E-state index contributed by atoms with van der Waals surface area (Å²) in [6.07, 6.45) is 7.16. The number of thiophene rings is 1. The van der Waals surface area contributed by atoms with Gasteiger partial charge in [-0.15, -0.1) is 11.3 Å². The normalized spacial score (nSPS) is 11.7. The Morgan fingerprint density at radius 2 is 2.33 bits per heavy atom. The average Bonchev–Trinajstić information content (AvgIpc) is 2.65. The van der Waals surface area contributed by atoms with Crippen LogP contribution in [0.15, 0.2) is 30.0 Å². The first-order valence-electron chi connectivity index (χ1n) is 4.44. The van der Waals surface area contributed by atoms with Crippen LogP contribution in [0.1, 0.15) is 17.5 Å². The summed E-state index contributed by atoms with van der Waals surface area (Å²) in [4.78, 5) is 9.38. The maximum atomic E-state index is 5.84. The van der Waals surface area contributed by atoms with Gasteiger partial charge in [0.1, 0.15) is 0 Å². The molecule has 0 unspecified atom stereocenters. The number of aromatic nitrogens is 2. The molecule has 0 aromatic carbocycles. The molecule has 2 aromatic heterocycles. The van der Waals surface area contributed by atoms with Crippen molar-refractivity contribution in [1.29, 1.82) is 0 Å². The van der Waals surface area contributed by atoms with E-state index in [1.807, 2.05) is 18.4 Å². The predicted octanol–water partition coefficient (Wildman–Crippen LogP) is 3.75. The minimum absolute atomic E-state index is 0.776. The van der Waals surface area contributed by atoms with Crippen LogP contribution in [0.25, 0.3) is 11.6 Å². The largest absolute Gasteiger partial charge is 0.261 e. The van der Waals surface area contributed by atoms with E-state index in [0.29, 0.717) is 0 Å². The van der Waals surface area contributed by atoms with Gasteiger partial charge in [-0.1, -0.05) is 11.6 Å². The standard InChI is InChI=1S/C11H9ClN2S/c1-8(11-6-13-2-3-14-11)4-10-5-9(12)7-15-10/h2-7H,1H3/b8-4-. The minimum Gasteiger partial charge on any atom is -0.261 e. The molecular weight excluding hydrogens is 228 g/mol. The van der Waals surface area contributed by atoms with Gasteiger partial charge < -0.3 is 0 Å². The highest BCUT2D eigenvalue weighted by Gasteiger charge is 1.99. The molecule has 2 rings (SSSR count). The van der Waals surface area contributed by atoms with Crippen LogP contribution in [-0.4, -0.2) is 9.97 Å². The summed E-state index contributed by atoms with van der Waals surface area (Å²) >= 11 is 7.46. The molecule has 15 heavy (non-hydrogen) atoms. The number of hydrogen-bond acceptors (Lipinski definition) is 3. The van der Waals surface area contributed by atoms with E-state index in [-0.39, 0.29) is 0 Å². The fourth-order valence-corrected chi connectivity index (χ4v) is 2.27. The van der Waals surface area contributed by atoms with E-state index in [0.717, 1.165) is 21.2 Å². The average molecular weight is 237 g/mol. The lowest BCUT2D eigenvalue weighted by Gasteiger charge is -1.97. The van der Waals surface area contributed by atoms with Gasteiger partial charge in [0.25, 0.3) is 0 Å². The van der Waals surface area contributed by atoms with E-state index >= 15 is 0 Å². The van der Waals surface area contributed by atoms with Gasteiger partial charge >= 0.3 is 0 Å². The van der Waals surface area contributed by atoms with Gasteiger partial charge in [-0.2, -0.15) is 0 Å². The van der Waals surface area contributed by atoms with Crippen LogP contribution in [0, 0.1) is 0 Å². The van der Waals surface area contributed by atoms with Crippen molar-refractivity contribution in [2.24, 2.45) is 0 Å². The van der Waals surface area contributed by atoms with E-state index in [1.165, 1.54) is 0 Å². The Kier molecular flexibility index (Phi) is 3.14. The molecule has 0 amide bonds. The summed E-state index contributed by atoms with van der Waals surface area (Å²) in [7, 11) is 0. The molecule has 0 spiro atoms. The third-order valence-electron chi connectivity index (χ3n) is 1.91. The second-order valence-corrected chi connectivity index (χ2v) is 4.46. The van der Waals surface area contributed by atoms with Gasteiger partial charge in [-0.3, -0.25) is 9.97 Å². The number of hydrogen-bond donors (Lipinski definition) is 0. The summed E-state index contributed by atoms with van der Waals surface area (Å²) in [5.41, 5.74) is 1.98. The third kappa shape index (κ3) is 2.64. The first-order chi connectivity index (χ1) is 7.25. The summed E-state index contributed by atoms with van der Waals surface area (Å²) in [5, 5.41) is 2.69. The van der Waals surface area contributed by atoms with Gasteiger partial charge in [0, 0.05) is 22.7 Å². The van der Waals surface area contributed by atoms with E-state index in [4.69, 9.17) is 11.6 Å². The van der Waals surface area contributed by atoms with Crippen molar-refractivity contribution >= 4 is 34.6 Å². The Morgan fingerprint density at radius 3 is 2.93 bits per heavy atom. The van der Waals surface area contributed by atoms with Crippen molar-refractivity contribution in [1.82, 2.24) is 9.97 Å². The van der Waals surface area contributed by atoms with Crippen molar-refractivity contribution in [2.45, 2.75) is 6.92 Å². The van der Waals surface area contributed by atoms with E-state index in [1.54, 1.807) is 29.9 Å². The molecule has 2 nitrogen and oxygen atoms in total. The van der Waals surface area contributed by atoms with Crippen molar-refractivity contribution in [3.63, 3.8) is 0 Å². The third-order valence-corrected chi connectivity index (χ3v) is 3.14. The van der Waals surface area contributed by atoms with Crippen LogP contribution in [0.3, 0.4) is 0 Å². The molecule has 4 heteroatoms. The highest BCUT2D eigenvalue weighted by molar-refractivity contribution is 7.11. The zero-order valence-electron chi connectivity index (χ0n) is 8.14. The molecule has 2 aromatic rings. The van der Waals surface area contributed by atoms with Crippen LogP contribution >= 0.6 is 22.9 Å². The number of allylic oxidation sites excluding steroid dienone is 1. The molecule has 0 aliphatic heterocycles. The van der Waals surface area contributed by atoms with Gasteiger partial charge in [0.2, 0.25) is 0 Å². The lowest BCUT2D eigenvalue weighted by atomic mass is 10.2. The SMILES string of the molecule is C/C(=C/c1cc(Cl)cs1)c1cnccn1. The number of halogens is 1. The van der Waals surface area contributed by atoms with Crippen molar-refractivity contribution in [3.8, 4) is 0 Å². The first kappa shape index (κ1) is 10.3. The molecule has 0 aliphatic carbocycles. The van der Waals surface area contributed by atoms with Crippen LogP contribution in [0.2, 0.25) is 5.02 Å². The second kappa shape index (κ2) is 4.55. The minimum atomic E-state index is 0.776. The highest BCUT2D eigenvalue weighted by atomic mass is 35.5. The Hall–Kier alpha value is -1.19. The van der Waals surface area contributed by atoms with Crippen molar-refractivity contribution in [3.05, 3.63) is 45.6 Å². The van der Waals surface area contributed by atoms with Gasteiger partial charge in [0.15, 0.2) is 0 Å². The number of rotatable bonds is 2. The maximum absolute atomic E-state index is 5.84. The number of nitrogens with zero attached hydrogens (tertiary/aromatic N) is 2. The first-order valence-corrected chi connectivity index (χ1v) is 5.70. The summed E-state index contributed by atoms with van der Waals surface area (Å²) in [6.45, 7) is 2.01. The Bertz CT molecular complexity index is 476. The topological polar surface area (TPSA) is 25.8 Å². The molecule has 76 valence electrons. The fraction of sp³-hybridized carbons (Fsp3) is 0.0909. The van der Waals surface area contributed by atoms with Gasteiger partial charge in [-0.05, 0) is 24.6 Å². The highest BCUT2D eigenvalue weighted by Crippen LogP contribution is 2.23. The molecule has 0 fully saturated rings. The zero-order valence-corrected chi connectivity index (χ0v) is 9.72. The van der Waals surface area contributed by atoms with Crippen LogP contribution < -0.4 is 0 Å². The maximum Gasteiger partial charge on any atom is 0.0842 e. The summed E-state index contributed by atoms with van der Waals surface area (Å²) in [5.74, 6) is 0. The van der Waals surface area contributed by atoms with E-state index < -0.39 is 0 Å². The molecule has 0 saturated heterocycles. The molecule has 0 aliphatic rings. The Balaban J connectivity index is 2.28. The van der Waals surface area contributed by atoms with Crippen LogP contribution in [0.5, 0.6) is 0 Å². The Labute approximate surface area is 97.3 Å². The van der Waals surface area contributed by atoms with E-state index in [2.05, 4.69) is 16.0 Å². The Morgan fingerprint density at radius 1 is 1.47 bits per heavy atom. The molecule has 0 atom stereocenters. The monoisotopic (exact) mass is 236 g/mol. The van der Waals surface area contributed by atoms with Gasteiger partial charge in [-0.25, -0.2) is 0 Å². The second-order valence-electron chi connectivity index (χ2n) is 3.09. The molecule has 0 radical (unpaired) electrons. The van der Waals surface area contributed by atoms with Crippen molar-refractivity contribution < 1.29 is 0 Å². The molecule has 2 heterocycles. The van der Waals surface area contributed by atoms with E-state index in [9.17, 15) is 0 Å². The quantitative estimate of drug-likeness (QED) is 0.794. The summed E-state index contributed by atoms with van der Waals surface area (Å²) < 4.78 is 0. The predicted molar refractivity (Wildman–Crippen MR) is 64.9 cm³/mol. The zero-order chi connectivity index (χ0) is 10.7. The van der Waals surface area contributed by atoms with Crippen molar-refractivity contribution in [2.75, 3.05) is 0 Å². The molecule has 0 N–H and O–H groups in total. The summed E-state index contributed by atoms with van der Waals surface area (Å²) in [6, 6.07) is 1.94. The lowest BCUT2D eigenvalue weighted by molar-refractivity contribution is 1.17. The smallest absolute Gasteiger partial charge is 0.0842 e. The van der Waals surface area contributed by atoms with Crippen LogP contribution in [0.4, 0.5) is 0 Å². The molecule has 0 saturated carbocycles.